The van der Waals surface area contributed by atoms with Crippen molar-refractivity contribution in [2.45, 2.75) is 30.5 Å². The third-order valence-electron chi connectivity index (χ3n) is 3.84. The zero-order valence-electron chi connectivity index (χ0n) is 15.8. The van der Waals surface area contributed by atoms with E-state index in [4.69, 9.17) is 5.26 Å². The van der Waals surface area contributed by atoms with E-state index < -0.39 is 22.9 Å². The summed E-state index contributed by atoms with van der Waals surface area (Å²) in [5.41, 5.74) is -1.84. The lowest BCUT2D eigenvalue weighted by molar-refractivity contribution is -0.137. The number of nitrogens with one attached hydrogen (secondary N) is 2. The van der Waals surface area contributed by atoms with E-state index in [2.05, 4.69) is 10.6 Å². The number of amides is 1. The van der Waals surface area contributed by atoms with E-state index in [1.807, 2.05) is 0 Å². The van der Waals surface area contributed by atoms with Crippen LogP contribution >= 0.6 is 11.8 Å². The van der Waals surface area contributed by atoms with Crippen LogP contribution in [0.2, 0.25) is 0 Å². The van der Waals surface area contributed by atoms with Gasteiger partial charge in [-0.15, -0.1) is 11.8 Å². The molecule has 1 amide bonds. The number of hydrogen-bond acceptors (Lipinski definition) is 5. The molecule has 0 fully saturated rings. The number of rotatable bonds is 7. The van der Waals surface area contributed by atoms with Gasteiger partial charge in [-0.25, -0.2) is 0 Å². The van der Waals surface area contributed by atoms with Crippen LogP contribution in [0.5, 0.6) is 0 Å². The van der Waals surface area contributed by atoms with E-state index in [9.17, 15) is 23.1 Å². The summed E-state index contributed by atoms with van der Waals surface area (Å²) in [5, 5.41) is 24.8. The average Bonchev–Trinajstić information content (AvgIpc) is 2.64. The normalized spacial score (nSPS) is 13.3. The fraction of sp³-hybridized carbons (Fsp3) is 0.300. The Balaban J connectivity index is 1.96. The first-order valence-corrected chi connectivity index (χ1v) is 9.57. The Bertz CT molecular complexity index is 907. The Hall–Kier alpha value is -2.70. The second-order valence-corrected chi connectivity index (χ2v) is 7.76. The summed E-state index contributed by atoms with van der Waals surface area (Å²) in [4.78, 5) is 11.9. The molecule has 0 aliphatic rings. The molecule has 1 atom stereocenters. The van der Waals surface area contributed by atoms with E-state index in [1.165, 1.54) is 30.8 Å². The van der Waals surface area contributed by atoms with Crippen molar-refractivity contribution < 1.29 is 23.1 Å². The van der Waals surface area contributed by atoms with Gasteiger partial charge in [0.2, 0.25) is 5.91 Å². The van der Waals surface area contributed by atoms with E-state index in [0.717, 1.165) is 17.0 Å². The van der Waals surface area contributed by atoms with Crippen LogP contribution in [0, 0.1) is 11.3 Å². The quantitative estimate of drug-likeness (QED) is 0.572. The maximum absolute atomic E-state index is 13.0. The smallest absolute Gasteiger partial charge is 0.387 e. The second-order valence-electron chi connectivity index (χ2n) is 6.71. The highest BCUT2D eigenvalue weighted by molar-refractivity contribution is 7.99. The molecule has 3 N–H and O–H groups in total. The summed E-state index contributed by atoms with van der Waals surface area (Å²) in [6.07, 6.45) is -4.63. The fourth-order valence-electron chi connectivity index (χ4n) is 2.41. The maximum atomic E-state index is 13.0. The highest BCUT2D eigenvalue weighted by Gasteiger charge is 2.34. The number of halogens is 3. The zero-order chi connectivity index (χ0) is 21.7. The summed E-state index contributed by atoms with van der Waals surface area (Å²) >= 11 is 1.38. The van der Waals surface area contributed by atoms with Crippen molar-refractivity contribution in [3.05, 3.63) is 53.6 Å². The lowest BCUT2D eigenvalue weighted by atomic mass is 10.1. The zero-order valence-corrected chi connectivity index (χ0v) is 16.6. The molecule has 154 valence electrons. The molecular weight excluding hydrogens is 403 g/mol. The van der Waals surface area contributed by atoms with Crippen LogP contribution in [0.4, 0.5) is 24.5 Å². The summed E-state index contributed by atoms with van der Waals surface area (Å²) in [6.45, 7) is 3.01. The number of carbonyl (C=O) groups is 1. The van der Waals surface area contributed by atoms with Crippen molar-refractivity contribution in [2.24, 2.45) is 0 Å². The molecule has 0 aliphatic heterocycles. The molecule has 0 aromatic heterocycles. The highest BCUT2D eigenvalue weighted by Crippen LogP contribution is 2.33. The van der Waals surface area contributed by atoms with Crippen molar-refractivity contribution in [3.8, 4) is 6.07 Å². The Labute approximate surface area is 170 Å². The van der Waals surface area contributed by atoms with Gasteiger partial charge in [0.25, 0.3) is 0 Å². The summed E-state index contributed by atoms with van der Waals surface area (Å²) in [7, 11) is 0. The first-order valence-electron chi connectivity index (χ1n) is 8.58. The van der Waals surface area contributed by atoms with Gasteiger partial charge in [-0.2, -0.15) is 18.4 Å². The van der Waals surface area contributed by atoms with Crippen molar-refractivity contribution in [2.75, 3.05) is 22.9 Å². The molecule has 2 aromatic carbocycles. The van der Waals surface area contributed by atoms with Crippen molar-refractivity contribution in [1.82, 2.24) is 0 Å². The van der Waals surface area contributed by atoms with Crippen molar-refractivity contribution in [1.29, 1.82) is 5.26 Å². The topological polar surface area (TPSA) is 85.2 Å². The van der Waals surface area contributed by atoms with E-state index in [1.54, 1.807) is 31.2 Å². The molecule has 2 aromatic rings. The lowest BCUT2D eigenvalue weighted by Crippen LogP contribution is -2.36. The number of thioether (sulfide) groups is 1. The molecule has 1 unspecified atom stereocenters. The van der Waals surface area contributed by atoms with Gasteiger partial charge in [0.1, 0.15) is 0 Å². The van der Waals surface area contributed by atoms with Gasteiger partial charge in [-0.05, 0) is 49.4 Å². The van der Waals surface area contributed by atoms with Gasteiger partial charge >= 0.3 is 6.18 Å². The monoisotopic (exact) mass is 423 g/mol. The number of hydrogen-bond donors (Lipinski definition) is 3. The van der Waals surface area contributed by atoms with Gasteiger partial charge in [0, 0.05) is 35.5 Å². The number of aliphatic hydroxyl groups is 1. The minimum Gasteiger partial charge on any atom is -0.387 e. The molecule has 0 spiro atoms. The van der Waals surface area contributed by atoms with Gasteiger partial charge in [0.05, 0.1) is 22.8 Å². The fourth-order valence-corrected chi connectivity index (χ4v) is 3.31. The van der Waals surface area contributed by atoms with E-state index in [-0.39, 0.29) is 18.1 Å². The Morgan fingerprint density at radius 3 is 2.34 bits per heavy atom. The summed E-state index contributed by atoms with van der Waals surface area (Å²) in [5.74, 6) is 0.123. The van der Waals surface area contributed by atoms with E-state index in [0.29, 0.717) is 11.4 Å². The number of benzene rings is 2. The van der Waals surface area contributed by atoms with Crippen LogP contribution in [-0.4, -0.2) is 28.9 Å². The predicted molar refractivity (Wildman–Crippen MR) is 107 cm³/mol. The molecule has 2 rings (SSSR count). The molecule has 0 saturated carbocycles. The van der Waals surface area contributed by atoms with Crippen molar-refractivity contribution >= 4 is 29.0 Å². The maximum Gasteiger partial charge on any atom is 0.417 e. The van der Waals surface area contributed by atoms with Crippen LogP contribution in [0.1, 0.15) is 25.0 Å². The molecule has 29 heavy (non-hydrogen) atoms. The average molecular weight is 423 g/mol. The molecule has 0 aliphatic carbocycles. The molecule has 0 bridgehead atoms. The number of nitriles is 1. The molecule has 0 heterocycles. The van der Waals surface area contributed by atoms with Gasteiger partial charge < -0.3 is 15.7 Å². The second kappa shape index (κ2) is 9.20. The standard InChI is InChI=1S/C20H20F3N3O2S/c1-13(27)26-15-5-7-17(8-6-15)29-12-19(2,28)11-25-16-4-3-14(10-24)18(9-16)20(21,22)23/h3-9,25,28H,11-12H2,1-2H3,(H,26,27). The van der Waals surface area contributed by atoms with Crippen LogP contribution in [0.3, 0.4) is 0 Å². The summed E-state index contributed by atoms with van der Waals surface area (Å²) < 4.78 is 39.1. The molecule has 0 radical (unpaired) electrons. The summed E-state index contributed by atoms with van der Waals surface area (Å²) in [6, 6.07) is 12.0. The molecule has 5 nitrogen and oxygen atoms in total. The lowest BCUT2D eigenvalue weighted by Gasteiger charge is -2.24. The third-order valence-corrected chi connectivity index (χ3v) is 5.21. The van der Waals surface area contributed by atoms with E-state index >= 15 is 0 Å². The number of alkyl halides is 3. The Morgan fingerprint density at radius 2 is 1.79 bits per heavy atom. The first kappa shape index (κ1) is 22.6. The first-order chi connectivity index (χ1) is 13.5. The molecule has 0 saturated heterocycles. The minimum absolute atomic E-state index is 0.0210. The van der Waals surface area contributed by atoms with Crippen LogP contribution in [-0.2, 0) is 11.0 Å². The number of nitrogens with zero attached hydrogens (tertiary/aromatic N) is 1. The largest absolute Gasteiger partial charge is 0.417 e. The minimum atomic E-state index is -4.63. The van der Waals surface area contributed by atoms with Gasteiger partial charge in [0.15, 0.2) is 0 Å². The number of anilines is 2. The van der Waals surface area contributed by atoms with Crippen LogP contribution < -0.4 is 10.6 Å². The van der Waals surface area contributed by atoms with Crippen LogP contribution in [0.15, 0.2) is 47.4 Å². The van der Waals surface area contributed by atoms with Crippen LogP contribution in [0.25, 0.3) is 0 Å². The Kier molecular flexibility index (Phi) is 7.16. The number of carbonyl (C=O) groups excluding carboxylic acids is 1. The third kappa shape index (κ3) is 7.00. The molecule has 9 heteroatoms. The van der Waals surface area contributed by atoms with Gasteiger partial charge in [-0.3, -0.25) is 4.79 Å². The van der Waals surface area contributed by atoms with Gasteiger partial charge in [-0.1, -0.05) is 0 Å². The Morgan fingerprint density at radius 1 is 1.17 bits per heavy atom. The molecular formula is C20H20F3N3O2S. The van der Waals surface area contributed by atoms with Crippen molar-refractivity contribution in [3.63, 3.8) is 0 Å². The highest BCUT2D eigenvalue weighted by atomic mass is 32.2. The SMILES string of the molecule is CC(=O)Nc1ccc(SCC(C)(O)CNc2ccc(C#N)c(C(F)(F)F)c2)cc1. The predicted octanol–water partition coefficient (Wildman–Crippen LogP) is 4.49.